The third kappa shape index (κ3) is 2.52. The van der Waals surface area contributed by atoms with Crippen molar-refractivity contribution in [3.05, 3.63) is 17.3 Å². The zero-order valence-electron chi connectivity index (χ0n) is 7.44. The summed E-state index contributed by atoms with van der Waals surface area (Å²) >= 11 is 0. The molecule has 0 bridgehead atoms. The monoisotopic (exact) mass is 218 g/mol. The summed E-state index contributed by atoms with van der Waals surface area (Å²) in [7, 11) is 0. The molecule has 0 aliphatic carbocycles. The lowest BCUT2D eigenvalue weighted by molar-refractivity contribution is -0.136. The summed E-state index contributed by atoms with van der Waals surface area (Å²) < 4.78 is 24.5. The van der Waals surface area contributed by atoms with E-state index in [9.17, 15) is 18.7 Å². The van der Waals surface area contributed by atoms with Crippen LogP contribution in [0.1, 0.15) is 17.7 Å². The van der Waals surface area contributed by atoms with Crippen LogP contribution in [0.25, 0.3) is 0 Å². The Bertz CT molecular complexity index is 396. The first-order chi connectivity index (χ1) is 6.91. The molecule has 15 heavy (non-hydrogen) atoms. The van der Waals surface area contributed by atoms with Gasteiger partial charge in [0.1, 0.15) is 5.69 Å². The van der Waals surface area contributed by atoms with E-state index >= 15 is 0 Å². The number of rotatable bonds is 3. The maximum Gasteiger partial charge on any atom is 0.307 e. The summed E-state index contributed by atoms with van der Waals surface area (Å²) in [6.45, 7) is 0. The van der Waals surface area contributed by atoms with Crippen molar-refractivity contribution in [2.75, 3.05) is 5.73 Å². The highest BCUT2D eigenvalue weighted by Gasteiger charge is 2.17. The molecule has 0 atom stereocenters. The number of aromatic hydroxyl groups is 1. The molecule has 1 aromatic rings. The quantitative estimate of drug-likeness (QED) is 0.701. The van der Waals surface area contributed by atoms with E-state index in [4.69, 9.17) is 10.8 Å². The van der Waals surface area contributed by atoms with Gasteiger partial charge in [0.25, 0.3) is 6.43 Å². The fraction of sp³-hybridized carbons (Fsp3) is 0.250. The van der Waals surface area contributed by atoms with Gasteiger partial charge in [0.15, 0.2) is 11.6 Å². The van der Waals surface area contributed by atoms with Crippen molar-refractivity contribution in [1.29, 1.82) is 0 Å². The minimum absolute atomic E-state index is 0.176. The number of carbonyl (C=O) groups is 1. The summed E-state index contributed by atoms with van der Waals surface area (Å²) in [5.41, 5.74) is 4.32. The zero-order chi connectivity index (χ0) is 11.6. The number of halogens is 2. The largest absolute Gasteiger partial charge is 0.504 e. The van der Waals surface area contributed by atoms with Crippen molar-refractivity contribution in [1.82, 2.24) is 4.98 Å². The number of carboxylic acid groups (broad SMARTS) is 1. The van der Waals surface area contributed by atoms with Gasteiger partial charge in [-0.15, -0.1) is 0 Å². The molecule has 4 N–H and O–H groups in total. The van der Waals surface area contributed by atoms with Gasteiger partial charge in [-0.05, 0) is 6.07 Å². The van der Waals surface area contributed by atoms with E-state index in [0.717, 1.165) is 6.07 Å². The summed E-state index contributed by atoms with van der Waals surface area (Å²) in [5.74, 6) is -2.32. The SMILES string of the molecule is Nc1nc(C(F)F)cc(CC(=O)O)c1O. The molecule has 7 heteroatoms. The van der Waals surface area contributed by atoms with Crippen molar-refractivity contribution in [2.24, 2.45) is 0 Å². The standard InChI is InChI=1S/C8H8F2N2O3/c9-7(10)4-1-3(2-5(13)14)6(15)8(11)12-4/h1,7,15H,2H2,(H2,11,12)(H,13,14). The lowest BCUT2D eigenvalue weighted by atomic mass is 10.1. The average Bonchev–Trinajstić information content (AvgIpc) is 2.11. The highest BCUT2D eigenvalue weighted by molar-refractivity contribution is 5.72. The minimum Gasteiger partial charge on any atom is -0.504 e. The molecule has 1 rings (SSSR count). The first kappa shape index (κ1) is 11.2. The lowest BCUT2D eigenvalue weighted by Gasteiger charge is -2.07. The van der Waals surface area contributed by atoms with Crippen LogP contribution in [-0.2, 0) is 11.2 Å². The molecule has 5 nitrogen and oxygen atoms in total. The molecule has 1 heterocycles. The number of pyridine rings is 1. The zero-order valence-corrected chi connectivity index (χ0v) is 7.44. The van der Waals surface area contributed by atoms with Gasteiger partial charge in [0, 0.05) is 5.56 Å². The van der Waals surface area contributed by atoms with Gasteiger partial charge in [0.2, 0.25) is 0 Å². The van der Waals surface area contributed by atoms with Gasteiger partial charge >= 0.3 is 5.97 Å². The molecule has 82 valence electrons. The van der Waals surface area contributed by atoms with E-state index in [1.54, 1.807) is 0 Å². The second kappa shape index (κ2) is 4.07. The number of aliphatic carboxylic acids is 1. The molecular weight excluding hydrogens is 210 g/mol. The highest BCUT2D eigenvalue weighted by atomic mass is 19.3. The second-order valence-electron chi connectivity index (χ2n) is 2.81. The van der Waals surface area contributed by atoms with Crippen molar-refractivity contribution < 1.29 is 23.8 Å². The van der Waals surface area contributed by atoms with E-state index in [1.807, 2.05) is 0 Å². The van der Waals surface area contributed by atoms with Crippen LogP contribution in [-0.4, -0.2) is 21.2 Å². The van der Waals surface area contributed by atoms with Gasteiger partial charge in [0.05, 0.1) is 6.42 Å². The van der Waals surface area contributed by atoms with Crippen LogP contribution in [0.5, 0.6) is 5.75 Å². The molecule has 0 unspecified atom stereocenters. The van der Waals surface area contributed by atoms with E-state index in [2.05, 4.69) is 4.98 Å². The molecule has 1 aromatic heterocycles. The van der Waals surface area contributed by atoms with Gasteiger partial charge < -0.3 is 15.9 Å². The van der Waals surface area contributed by atoms with Crippen LogP contribution in [0.15, 0.2) is 6.07 Å². The van der Waals surface area contributed by atoms with Crippen molar-refractivity contribution in [3.63, 3.8) is 0 Å². The molecule has 0 radical (unpaired) electrons. The van der Waals surface area contributed by atoms with Crippen LogP contribution in [0.4, 0.5) is 14.6 Å². The Morgan fingerprint density at radius 1 is 1.60 bits per heavy atom. The topological polar surface area (TPSA) is 96.4 Å². The van der Waals surface area contributed by atoms with Gasteiger partial charge in [-0.1, -0.05) is 0 Å². The van der Waals surface area contributed by atoms with Crippen LogP contribution < -0.4 is 5.73 Å². The molecule has 0 spiro atoms. The molecule has 0 saturated heterocycles. The fourth-order valence-corrected chi connectivity index (χ4v) is 1.05. The van der Waals surface area contributed by atoms with Gasteiger partial charge in [-0.25, -0.2) is 13.8 Å². The number of nitrogens with zero attached hydrogens (tertiary/aromatic N) is 1. The predicted octanol–water partition coefficient (Wildman–Crippen LogP) is 0.934. The number of alkyl halides is 2. The third-order valence-electron chi connectivity index (χ3n) is 1.68. The molecule has 0 saturated carbocycles. The summed E-state index contributed by atoms with van der Waals surface area (Å²) in [6.07, 6.45) is -3.45. The van der Waals surface area contributed by atoms with Crippen molar-refractivity contribution in [2.45, 2.75) is 12.8 Å². The first-order valence-corrected chi connectivity index (χ1v) is 3.90. The van der Waals surface area contributed by atoms with Gasteiger partial charge in [-0.3, -0.25) is 4.79 Å². The average molecular weight is 218 g/mol. The Hall–Kier alpha value is -1.92. The van der Waals surface area contributed by atoms with Crippen LogP contribution in [0, 0.1) is 0 Å². The second-order valence-corrected chi connectivity index (χ2v) is 2.81. The van der Waals surface area contributed by atoms with Gasteiger partial charge in [-0.2, -0.15) is 0 Å². The predicted molar refractivity (Wildman–Crippen MR) is 46.6 cm³/mol. The Kier molecular flexibility index (Phi) is 3.03. The van der Waals surface area contributed by atoms with E-state index in [0.29, 0.717) is 0 Å². The normalized spacial score (nSPS) is 10.6. The summed E-state index contributed by atoms with van der Waals surface area (Å²) in [4.78, 5) is 13.6. The molecular formula is C8H8F2N2O3. The maximum atomic E-state index is 12.2. The number of hydrogen-bond acceptors (Lipinski definition) is 4. The summed E-state index contributed by atoms with van der Waals surface area (Å²) in [6, 6.07) is 0.824. The van der Waals surface area contributed by atoms with Crippen molar-refractivity contribution in [3.8, 4) is 5.75 Å². The number of anilines is 1. The minimum atomic E-state index is -2.86. The summed E-state index contributed by atoms with van der Waals surface area (Å²) in [5, 5.41) is 17.7. The number of carboxylic acids is 1. The van der Waals surface area contributed by atoms with E-state index in [-0.39, 0.29) is 5.56 Å². The van der Waals surface area contributed by atoms with E-state index in [1.165, 1.54) is 0 Å². The Balaban J connectivity index is 3.18. The molecule has 0 amide bonds. The van der Waals surface area contributed by atoms with Crippen LogP contribution in [0.2, 0.25) is 0 Å². The van der Waals surface area contributed by atoms with Crippen LogP contribution in [0.3, 0.4) is 0 Å². The Morgan fingerprint density at radius 2 is 2.20 bits per heavy atom. The number of hydrogen-bond donors (Lipinski definition) is 3. The first-order valence-electron chi connectivity index (χ1n) is 3.90. The van der Waals surface area contributed by atoms with Crippen molar-refractivity contribution >= 4 is 11.8 Å². The van der Waals surface area contributed by atoms with E-state index < -0.39 is 36.1 Å². The molecule has 0 aromatic carbocycles. The van der Waals surface area contributed by atoms with Crippen LogP contribution >= 0.6 is 0 Å². The Labute approximate surface area is 83.2 Å². The Morgan fingerprint density at radius 3 is 2.67 bits per heavy atom. The molecule has 0 fully saturated rings. The molecule has 0 aliphatic heterocycles. The number of nitrogens with two attached hydrogens (primary N) is 1. The third-order valence-corrected chi connectivity index (χ3v) is 1.68. The number of nitrogen functional groups attached to an aromatic ring is 1. The number of aromatic nitrogens is 1. The smallest absolute Gasteiger partial charge is 0.307 e. The lowest BCUT2D eigenvalue weighted by Crippen LogP contribution is -2.05. The fourth-order valence-electron chi connectivity index (χ4n) is 1.05. The maximum absolute atomic E-state index is 12.2. The molecule has 0 aliphatic rings. The highest BCUT2D eigenvalue weighted by Crippen LogP contribution is 2.28.